The highest BCUT2D eigenvalue weighted by atomic mass is 35.5. The van der Waals surface area contributed by atoms with E-state index < -0.39 is 16.1 Å². The summed E-state index contributed by atoms with van der Waals surface area (Å²) in [4.78, 5) is 23.2. The van der Waals surface area contributed by atoms with E-state index in [1.54, 1.807) is 6.92 Å². The van der Waals surface area contributed by atoms with Gasteiger partial charge in [0, 0.05) is 23.9 Å². The van der Waals surface area contributed by atoms with Crippen molar-refractivity contribution in [3.63, 3.8) is 0 Å². The van der Waals surface area contributed by atoms with Gasteiger partial charge in [-0.05, 0) is 38.5 Å². The highest BCUT2D eigenvalue weighted by Crippen LogP contribution is 2.42. The molecule has 2 aromatic rings. The molecule has 0 bridgehead atoms. The molecule has 3 rings (SSSR count). The molecule has 25 heavy (non-hydrogen) atoms. The van der Waals surface area contributed by atoms with Crippen LogP contribution in [-0.4, -0.2) is 15.1 Å². The lowest BCUT2D eigenvalue weighted by atomic mass is 9.90. The molecule has 0 saturated heterocycles. The van der Waals surface area contributed by atoms with Crippen LogP contribution in [0.1, 0.15) is 26.3 Å². The van der Waals surface area contributed by atoms with E-state index >= 15 is 0 Å². The molecule has 0 radical (unpaired) electrons. The number of hydrogen-bond donors (Lipinski definition) is 1. The lowest BCUT2D eigenvalue weighted by Gasteiger charge is -2.36. The smallest absolute Gasteiger partial charge is 0.278 e. The summed E-state index contributed by atoms with van der Waals surface area (Å²) in [6.07, 6.45) is 1.45. The maximum Gasteiger partial charge on any atom is 0.278 e. The number of nitro benzene ring substituents is 1. The van der Waals surface area contributed by atoms with Crippen LogP contribution in [0, 0.1) is 10.1 Å². The molecule has 1 aliphatic rings. The summed E-state index contributed by atoms with van der Waals surface area (Å²) in [6, 6.07) is 5.64. The first-order valence-electron chi connectivity index (χ1n) is 7.49. The maximum atomic E-state index is 12.6. The number of nitrogen functional groups attached to an aromatic ring is 1. The number of hydrogen-bond acceptors (Lipinski definition) is 5. The van der Waals surface area contributed by atoms with Crippen molar-refractivity contribution in [2.24, 2.45) is 0 Å². The topological polar surface area (TPSA) is 100 Å². The van der Waals surface area contributed by atoms with E-state index in [4.69, 9.17) is 22.1 Å². The number of anilines is 1. The minimum atomic E-state index is -0.713. The summed E-state index contributed by atoms with van der Waals surface area (Å²) in [6.45, 7) is 5.51. The van der Waals surface area contributed by atoms with Crippen molar-refractivity contribution in [2.75, 3.05) is 5.73 Å². The van der Waals surface area contributed by atoms with Gasteiger partial charge in [-0.3, -0.25) is 19.5 Å². The fourth-order valence-corrected chi connectivity index (χ4v) is 3.00. The molecule has 8 heteroatoms. The van der Waals surface area contributed by atoms with Crippen molar-refractivity contribution >= 4 is 28.7 Å². The van der Waals surface area contributed by atoms with Crippen molar-refractivity contribution in [3.8, 4) is 5.75 Å². The number of non-ortho nitro benzene ring substituents is 1. The van der Waals surface area contributed by atoms with Gasteiger partial charge in [-0.2, -0.15) is 0 Å². The van der Waals surface area contributed by atoms with E-state index in [9.17, 15) is 14.9 Å². The third kappa shape index (κ3) is 2.76. The quantitative estimate of drug-likeness (QED) is 0.652. The van der Waals surface area contributed by atoms with Gasteiger partial charge in [-0.25, -0.2) is 0 Å². The van der Waals surface area contributed by atoms with Crippen molar-refractivity contribution in [3.05, 3.63) is 67.1 Å². The summed E-state index contributed by atoms with van der Waals surface area (Å²) < 4.78 is 7.28. The monoisotopic (exact) mass is 361 g/mol. The van der Waals surface area contributed by atoms with Crippen molar-refractivity contribution in [1.29, 1.82) is 0 Å². The predicted molar refractivity (Wildman–Crippen MR) is 95.9 cm³/mol. The first kappa shape index (κ1) is 17.0. The molecule has 0 unspecified atom stereocenters. The van der Waals surface area contributed by atoms with Crippen LogP contribution in [0.25, 0.3) is 5.70 Å². The van der Waals surface area contributed by atoms with Gasteiger partial charge in [0.25, 0.3) is 11.2 Å². The maximum absolute atomic E-state index is 12.6. The van der Waals surface area contributed by atoms with Crippen LogP contribution in [0.15, 0.2) is 40.8 Å². The van der Waals surface area contributed by atoms with Crippen molar-refractivity contribution in [1.82, 2.24) is 4.57 Å². The largest absolute Gasteiger partial charge is 0.483 e. The molecule has 0 spiro atoms. The first-order chi connectivity index (χ1) is 11.6. The summed E-state index contributed by atoms with van der Waals surface area (Å²) in [5, 5.41) is 11.4. The fourth-order valence-electron chi connectivity index (χ4n) is 2.79. The molecule has 1 aliphatic heterocycles. The summed E-state index contributed by atoms with van der Waals surface area (Å²) in [5.74, 6) is 0.446. The average molecular weight is 362 g/mol. The SMILES string of the molecule is CC1=C(n2cc(Cl)cc(N)c2=O)c2cc([N+](=O)[O-])ccc2OC1(C)C. The normalized spacial score (nSPS) is 15.5. The Morgan fingerprint density at radius 2 is 2.00 bits per heavy atom. The Labute approximate surface area is 148 Å². The number of rotatable bonds is 2. The number of nitro groups is 1. The standard InChI is InChI=1S/C17H16ClN3O4/c1-9-15(20-8-10(18)6-13(19)16(20)22)12-7-11(21(23)24)4-5-14(12)25-17(9,2)3/h4-8H,19H2,1-3H3. The molecule has 1 aromatic carbocycles. The second kappa shape index (κ2) is 5.63. The third-order valence-electron chi connectivity index (χ3n) is 4.30. The van der Waals surface area contributed by atoms with E-state index in [0.717, 1.165) is 5.57 Å². The Balaban J connectivity index is 2.40. The number of nitrogens with zero attached hydrogens (tertiary/aromatic N) is 2. The van der Waals surface area contributed by atoms with Gasteiger partial charge < -0.3 is 10.5 Å². The van der Waals surface area contributed by atoms with Crippen molar-refractivity contribution in [2.45, 2.75) is 26.4 Å². The molecule has 0 atom stereocenters. The number of aromatic nitrogens is 1. The van der Waals surface area contributed by atoms with Crippen LogP contribution in [-0.2, 0) is 0 Å². The van der Waals surface area contributed by atoms with Gasteiger partial charge >= 0.3 is 0 Å². The molecular formula is C17H16ClN3O4. The molecule has 0 amide bonds. The van der Waals surface area contributed by atoms with Gasteiger partial charge in [0.15, 0.2) is 0 Å². The van der Waals surface area contributed by atoms with E-state index in [0.29, 0.717) is 17.0 Å². The Morgan fingerprint density at radius 3 is 2.64 bits per heavy atom. The predicted octanol–water partition coefficient (Wildman–Crippen LogP) is 3.44. The van der Waals surface area contributed by atoms with Gasteiger partial charge in [0.2, 0.25) is 0 Å². The molecule has 1 aromatic heterocycles. The Bertz CT molecular complexity index is 992. The van der Waals surface area contributed by atoms with Crippen LogP contribution < -0.4 is 16.0 Å². The molecule has 2 N–H and O–H groups in total. The molecule has 0 saturated carbocycles. The second-order valence-electron chi connectivity index (χ2n) is 6.31. The third-order valence-corrected chi connectivity index (χ3v) is 4.51. The highest BCUT2D eigenvalue weighted by molar-refractivity contribution is 6.30. The zero-order valence-electron chi connectivity index (χ0n) is 13.9. The van der Waals surface area contributed by atoms with Crippen molar-refractivity contribution < 1.29 is 9.66 Å². The molecule has 7 nitrogen and oxygen atoms in total. The van der Waals surface area contributed by atoms with E-state index in [1.807, 2.05) is 13.8 Å². The Kier molecular flexibility index (Phi) is 3.84. The average Bonchev–Trinajstić information content (AvgIpc) is 2.52. The van der Waals surface area contributed by atoms with E-state index in [1.165, 1.54) is 35.0 Å². The van der Waals surface area contributed by atoms with Crippen LogP contribution >= 0.6 is 11.6 Å². The van der Waals surface area contributed by atoms with Crippen LogP contribution in [0.5, 0.6) is 5.75 Å². The lowest BCUT2D eigenvalue weighted by Crippen LogP contribution is -2.36. The van der Waals surface area contributed by atoms with Gasteiger partial charge in [-0.15, -0.1) is 0 Å². The van der Waals surface area contributed by atoms with Crippen LogP contribution in [0.2, 0.25) is 5.02 Å². The Morgan fingerprint density at radius 1 is 1.32 bits per heavy atom. The Hall–Kier alpha value is -2.80. The summed E-state index contributed by atoms with van der Waals surface area (Å²) >= 11 is 6.07. The zero-order chi connectivity index (χ0) is 18.5. The number of halogens is 1. The number of nitrogens with two attached hydrogens (primary N) is 1. The minimum absolute atomic E-state index is 0.0101. The van der Waals surface area contributed by atoms with Gasteiger partial charge in [-0.1, -0.05) is 11.6 Å². The number of pyridine rings is 1. The zero-order valence-corrected chi connectivity index (χ0v) is 14.6. The van der Waals surface area contributed by atoms with Gasteiger partial charge in [0.05, 0.1) is 21.3 Å². The minimum Gasteiger partial charge on any atom is -0.483 e. The number of benzene rings is 1. The molecular weight excluding hydrogens is 346 g/mol. The lowest BCUT2D eigenvalue weighted by molar-refractivity contribution is -0.384. The summed E-state index contributed by atoms with van der Waals surface area (Å²) in [5.41, 5.74) is 6.13. The highest BCUT2D eigenvalue weighted by Gasteiger charge is 2.34. The van der Waals surface area contributed by atoms with Crippen LogP contribution in [0.4, 0.5) is 11.4 Å². The van der Waals surface area contributed by atoms with E-state index in [-0.39, 0.29) is 16.4 Å². The van der Waals surface area contributed by atoms with E-state index in [2.05, 4.69) is 0 Å². The molecule has 2 heterocycles. The van der Waals surface area contributed by atoms with Crippen LogP contribution in [0.3, 0.4) is 0 Å². The first-order valence-corrected chi connectivity index (χ1v) is 7.87. The molecule has 0 aliphatic carbocycles. The second-order valence-corrected chi connectivity index (χ2v) is 6.75. The molecule has 130 valence electrons. The fraction of sp³-hybridized carbons (Fsp3) is 0.235. The molecule has 0 fully saturated rings. The number of ether oxygens (including phenoxy) is 1. The number of fused-ring (bicyclic) bond motifs is 1. The summed E-state index contributed by atoms with van der Waals surface area (Å²) in [7, 11) is 0. The van der Waals surface area contributed by atoms with Gasteiger partial charge in [0.1, 0.15) is 11.4 Å².